The summed E-state index contributed by atoms with van der Waals surface area (Å²) in [6.45, 7) is 5.07. The third-order valence-electron chi connectivity index (χ3n) is 2.91. The fraction of sp³-hybridized carbons (Fsp3) is 0.500. The molecule has 0 heterocycles. The Labute approximate surface area is 111 Å². The van der Waals surface area contributed by atoms with Gasteiger partial charge in [0.25, 0.3) is 5.91 Å². The third-order valence-corrected chi connectivity index (χ3v) is 2.91. The average molecular weight is 273 g/mol. The van der Waals surface area contributed by atoms with Crippen LogP contribution in [0.5, 0.6) is 0 Å². The standard InChI is InChI=1S/C14H18F3NO/c1-3-5-10-18(4-2)13(19)11-6-8-12(9-7-11)14(15,16)17/h6-9H,3-5,10H2,1-2H3. The summed E-state index contributed by atoms with van der Waals surface area (Å²) in [6.07, 6.45) is -2.51. The van der Waals surface area contributed by atoms with E-state index in [1.165, 1.54) is 12.1 Å². The maximum Gasteiger partial charge on any atom is 0.416 e. The maximum atomic E-state index is 12.4. The van der Waals surface area contributed by atoms with Crippen LogP contribution in [0.2, 0.25) is 0 Å². The van der Waals surface area contributed by atoms with E-state index in [2.05, 4.69) is 0 Å². The quantitative estimate of drug-likeness (QED) is 0.795. The summed E-state index contributed by atoms with van der Waals surface area (Å²) >= 11 is 0. The zero-order valence-electron chi connectivity index (χ0n) is 11.1. The van der Waals surface area contributed by atoms with Crippen LogP contribution in [0.4, 0.5) is 13.2 Å². The van der Waals surface area contributed by atoms with Gasteiger partial charge in [-0.05, 0) is 37.6 Å². The topological polar surface area (TPSA) is 20.3 Å². The number of nitrogens with zero attached hydrogens (tertiary/aromatic N) is 1. The number of halogens is 3. The van der Waals surface area contributed by atoms with Crippen LogP contribution in [-0.4, -0.2) is 23.9 Å². The first-order valence-corrected chi connectivity index (χ1v) is 6.36. The molecule has 1 rings (SSSR count). The van der Waals surface area contributed by atoms with Crippen LogP contribution in [0.25, 0.3) is 0 Å². The lowest BCUT2D eigenvalue weighted by atomic mass is 10.1. The van der Waals surface area contributed by atoms with Crippen molar-refractivity contribution in [3.8, 4) is 0 Å². The number of alkyl halides is 3. The average Bonchev–Trinajstić information content (AvgIpc) is 2.38. The molecule has 19 heavy (non-hydrogen) atoms. The molecule has 0 bridgehead atoms. The third kappa shape index (κ3) is 4.26. The van der Waals surface area contributed by atoms with E-state index in [1.54, 1.807) is 4.90 Å². The second kappa shape index (κ2) is 6.59. The minimum atomic E-state index is -4.37. The minimum absolute atomic E-state index is 0.218. The molecule has 5 heteroatoms. The monoisotopic (exact) mass is 273 g/mol. The van der Waals surface area contributed by atoms with Crippen molar-refractivity contribution in [3.63, 3.8) is 0 Å². The smallest absolute Gasteiger partial charge is 0.339 e. The van der Waals surface area contributed by atoms with Crippen LogP contribution in [0.3, 0.4) is 0 Å². The fourth-order valence-corrected chi connectivity index (χ4v) is 1.74. The molecule has 0 aromatic heterocycles. The molecule has 1 aromatic carbocycles. The zero-order chi connectivity index (χ0) is 14.5. The van der Waals surface area contributed by atoms with Gasteiger partial charge in [0.1, 0.15) is 0 Å². The molecule has 2 nitrogen and oxygen atoms in total. The lowest BCUT2D eigenvalue weighted by Crippen LogP contribution is -2.31. The lowest BCUT2D eigenvalue weighted by molar-refractivity contribution is -0.137. The van der Waals surface area contributed by atoms with E-state index in [0.29, 0.717) is 18.7 Å². The van der Waals surface area contributed by atoms with Crippen molar-refractivity contribution in [1.82, 2.24) is 4.90 Å². The SMILES string of the molecule is CCCCN(CC)C(=O)c1ccc(C(F)(F)F)cc1. The Kier molecular flexibility index (Phi) is 5.39. The first-order chi connectivity index (χ1) is 8.90. The van der Waals surface area contributed by atoms with Crippen molar-refractivity contribution in [3.05, 3.63) is 35.4 Å². The molecule has 1 aromatic rings. The summed E-state index contributed by atoms with van der Waals surface area (Å²) < 4.78 is 37.2. The highest BCUT2D eigenvalue weighted by molar-refractivity contribution is 5.94. The number of carbonyl (C=O) groups is 1. The number of carbonyl (C=O) groups excluding carboxylic acids is 1. The molecule has 0 N–H and O–H groups in total. The number of unbranched alkanes of at least 4 members (excludes halogenated alkanes) is 1. The van der Waals surface area contributed by atoms with E-state index < -0.39 is 11.7 Å². The van der Waals surface area contributed by atoms with E-state index in [0.717, 1.165) is 25.0 Å². The second-order valence-electron chi connectivity index (χ2n) is 4.31. The molecule has 0 aliphatic carbocycles. The molecule has 0 aliphatic rings. The zero-order valence-corrected chi connectivity index (χ0v) is 11.1. The first-order valence-electron chi connectivity index (χ1n) is 6.36. The summed E-state index contributed by atoms with van der Waals surface area (Å²) in [6, 6.07) is 4.36. The number of benzene rings is 1. The van der Waals surface area contributed by atoms with Gasteiger partial charge in [0.05, 0.1) is 5.56 Å². The molecule has 0 fully saturated rings. The fourth-order valence-electron chi connectivity index (χ4n) is 1.74. The summed E-state index contributed by atoms with van der Waals surface area (Å²) in [5.41, 5.74) is -0.438. The molecule has 0 unspecified atom stereocenters. The van der Waals surface area contributed by atoms with E-state index in [-0.39, 0.29) is 5.91 Å². The normalized spacial score (nSPS) is 11.4. The highest BCUT2D eigenvalue weighted by Crippen LogP contribution is 2.29. The van der Waals surface area contributed by atoms with Gasteiger partial charge in [0.2, 0.25) is 0 Å². The van der Waals surface area contributed by atoms with Crippen molar-refractivity contribution in [2.75, 3.05) is 13.1 Å². The van der Waals surface area contributed by atoms with Crippen LogP contribution in [0.1, 0.15) is 42.6 Å². The van der Waals surface area contributed by atoms with Gasteiger partial charge in [0, 0.05) is 18.7 Å². The minimum Gasteiger partial charge on any atom is -0.339 e. The van der Waals surface area contributed by atoms with E-state index in [1.807, 2.05) is 13.8 Å². The number of amides is 1. The molecule has 0 atom stereocenters. The molecule has 0 spiro atoms. The van der Waals surface area contributed by atoms with Gasteiger partial charge in [-0.1, -0.05) is 13.3 Å². The predicted molar refractivity (Wildman–Crippen MR) is 67.9 cm³/mol. The van der Waals surface area contributed by atoms with Crippen LogP contribution >= 0.6 is 0 Å². The Morgan fingerprint density at radius 1 is 1.16 bits per heavy atom. The molecular formula is C14H18F3NO. The Hall–Kier alpha value is -1.52. The van der Waals surface area contributed by atoms with Gasteiger partial charge in [-0.15, -0.1) is 0 Å². The highest BCUT2D eigenvalue weighted by atomic mass is 19.4. The summed E-state index contributed by atoms with van der Waals surface area (Å²) in [7, 11) is 0. The van der Waals surface area contributed by atoms with Crippen molar-refractivity contribution in [2.24, 2.45) is 0 Å². The number of rotatable bonds is 5. The van der Waals surface area contributed by atoms with Crippen molar-refractivity contribution in [1.29, 1.82) is 0 Å². The van der Waals surface area contributed by atoms with Crippen LogP contribution in [0.15, 0.2) is 24.3 Å². The Bertz CT molecular complexity index is 412. The molecule has 106 valence electrons. The summed E-state index contributed by atoms with van der Waals surface area (Å²) in [4.78, 5) is 13.7. The van der Waals surface area contributed by atoms with Gasteiger partial charge >= 0.3 is 6.18 Å². The van der Waals surface area contributed by atoms with Gasteiger partial charge in [-0.2, -0.15) is 13.2 Å². The van der Waals surface area contributed by atoms with Gasteiger partial charge in [0.15, 0.2) is 0 Å². The van der Waals surface area contributed by atoms with Gasteiger partial charge in [-0.25, -0.2) is 0 Å². The van der Waals surface area contributed by atoms with E-state index in [4.69, 9.17) is 0 Å². The molecule has 1 amide bonds. The van der Waals surface area contributed by atoms with Crippen molar-refractivity contribution < 1.29 is 18.0 Å². The van der Waals surface area contributed by atoms with Crippen molar-refractivity contribution >= 4 is 5.91 Å². The molecule has 0 saturated heterocycles. The summed E-state index contributed by atoms with van der Waals surface area (Å²) in [5, 5.41) is 0. The lowest BCUT2D eigenvalue weighted by Gasteiger charge is -2.20. The Balaban J connectivity index is 2.82. The maximum absolute atomic E-state index is 12.4. The van der Waals surface area contributed by atoms with Gasteiger partial charge < -0.3 is 4.90 Å². The predicted octanol–water partition coefficient (Wildman–Crippen LogP) is 3.97. The molecular weight excluding hydrogens is 255 g/mol. The largest absolute Gasteiger partial charge is 0.416 e. The van der Waals surface area contributed by atoms with E-state index >= 15 is 0 Å². The Morgan fingerprint density at radius 2 is 1.74 bits per heavy atom. The highest BCUT2D eigenvalue weighted by Gasteiger charge is 2.30. The summed E-state index contributed by atoms with van der Waals surface area (Å²) in [5.74, 6) is -0.218. The number of hydrogen-bond donors (Lipinski definition) is 0. The second-order valence-corrected chi connectivity index (χ2v) is 4.31. The molecule has 0 saturated carbocycles. The van der Waals surface area contributed by atoms with Crippen LogP contribution in [0, 0.1) is 0 Å². The van der Waals surface area contributed by atoms with Gasteiger partial charge in [-0.3, -0.25) is 4.79 Å². The first kappa shape index (κ1) is 15.5. The number of hydrogen-bond acceptors (Lipinski definition) is 1. The molecule has 0 radical (unpaired) electrons. The van der Waals surface area contributed by atoms with Crippen LogP contribution < -0.4 is 0 Å². The van der Waals surface area contributed by atoms with Crippen molar-refractivity contribution in [2.45, 2.75) is 32.9 Å². The van der Waals surface area contributed by atoms with Crippen LogP contribution in [-0.2, 0) is 6.18 Å². The van der Waals surface area contributed by atoms with E-state index in [9.17, 15) is 18.0 Å². The molecule has 0 aliphatic heterocycles. The Morgan fingerprint density at radius 3 is 2.16 bits per heavy atom.